The summed E-state index contributed by atoms with van der Waals surface area (Å²) < 4.78 is 20.4. The largest absolute Gasteiger partial charge is 0.493 e. The number of carbonyl (C=O) groups excluding carboxylic acids is 1. The fraction of sp³-hybridized carbons (Fsp3) is 0.417. The molecule has 14 heavy (non-hydrogen) atoms. The van der Waals surface area contributed by atoms with Crippen molar-refractivity contribution < 1.29 is 12.3 Å². The molecule has 2 aliphatic rings. The first-order chi connectivity index (χ1) is 7.61. The fourth-order valence-electron chi connectivity index (χ4n) is 2.12. The number of aldehydes is 1. The van der Waals surface area contributed by atoms with Gasteiger partial charge < -0.3 is 9.53 Å². The van der Waals surface area contributed by atoms with Crippen molar-refractivity contribution >= 4 is 6.29 Å². The number of ether oxygens (including phenoxy) is 1. The van der Waals surface area contributed by atoms with Gasteiger partial charge in [-0.2, -0.15) is 0 Å². The van der Waals surface area contributed by atoms with Gasteiger partial charge in [-0.3, -0.25) is 0 Å². The van der Waals surface area contributed by atoms with Gasteiger partial charge in [-0.05, 0) is 24.0 Å². The van der Waals surface area contributed by atoms with Crippen LogP contribution >= 0.6 is 0 Å². The molecule has 1 aliphatic heterocycles. The number of rotatable bonds is 2. The van der Waals surface area contributed by atoms with Gasteiger partial charge in [0.15, 0.2) is 0 Å². The molecule has 1 aromatic rings. The molecule has 1 aromatic carbocycles. The molecule has 0 radical (unpaired) electrons. The Morgan fingerprint density at radius 2 is 2.50 bits per heavy atom. The van der Waals surface area contributed by atoms with E-state index in [1.165, 1.54) is 0 Å². The second-order valence-corrected chi connectivity index (χ2v) is 3.89. The van der Waals surface area contributed by atoms with Crippen LogP contribution in [0.1, 0.15) is 26.2 Å². The average molecular weight is 190 g/mol. The molecule has 1 aliphatic carbocycles. The third-order valence-corrected chi connectivity index (χ3v) is 3.01. The molecule has 2 nitrogen and oxygen atoms in total. The quantitative estimate of drug-likeness (QED) is 0.666. The maximum atomic E-state index is 10.7. The molecule has 0 unspecified atom stereocenters. The number of fused-ring (bicyclic) bond motifs is 1. The van der Waals surface area contributed by atoms with Crippen molar-refractivity contribution in [3.8, 4) is 5.75 Å². The molecular formula is C12H12O2. The minimum atomic E-state index is -1.59. The van der Waals surface area contributed by atoms with Crippen molar-refractivity contribution in [1.29, 1.82) is 0 Å². The number of benzene rings is 1. The molecule has 0 amide bonds. The first-order valence-corrected chi connectivity index (χ1v) is 4.87. The number of hydrogen-bond acceptors (Lipinski definition) is 2. The van der Waals surface area contributed by atoms with Crippen LogP contribution in [0.2, 0.25) is 0 Å². The number of carbonyl (C=O) groups is 1. The van der Waals surface area contributed by atoms with E-state index in [9.17, 15) is 4.79 Å². The monoisotopic (exact) mass is 190 g/mol. The first kappa shape index (κ1) is 6.23. The van der Waals surface area contributed by atoms with Crippen molar-refractivity contribution in [2.45, 2.75) is 18.8 Å². The Bertz CT molecular complexity index is 456. The lowest BCUT2D eigenvalue weighted by molar-refractivity contribution is -0.108. The van der Waals surface area contributed by atoms with Crippen molar-refractivity contribution in [3.63, 3.8) is 0 Å². The second-order valence-electron chi connectivity index (χ2n) is 3.89. The molecule has 3 rings (SSSR count). The standard InChI is InChI=1S/C12H12O2/c13-7-8-6-11(8)9-2-1-3-12-10(9)4-5-14-12/h1-3,7-8,11H,4-6H2/t8-,11+/m0/s1/i5D2. The fourth-order valence-corrected chi connectivity index (χ4v) is 2.12. The normalized spacial score (nSPS) is 33.7. The second kappa shape index (κ2) is 2.84. The van der Waals surface area contributed by atoms with Crippen LogP contribution in [0.3, 0.4) is 0 Å². The third-order valence-electron chi connectivity index (χ3n) is 3.01. The highest BCUT2D eigenvalue weighted by molar-refractivity contribution is 5.62. The predicted molar refractivity (Wildman–Crippen MR) is 52.6 cm³/mol. The Kier molecular flexibility index (Phi) is 1.26. The third kappa shape index (κ3) is 1.07. The first-order valence-electron chi connectivity index (χ1n) is 5.87. The zero-order valence-electron chi connectivity index (χ0n) is 9.69. The molecule has 72 valence electrons. The predicted octanol–water partition coefficient (Wildman–Crippen LogP) is 1.92. The van der Waals surface area contributed by atoms with Crippen LogP contribution in [0.25, 0.3) is 0 Å². The van der Waals surface area contributed by atoms with Gasteiger partial charge >= 0.3 is 0 Å². The Balaban J connectivity index is 1.98. The maximum Gasteiger partial charge on any atom is 0.123 e. The van der Waals surface area contributed by atoms with E-state index >= 15 is 0 Å². The van der Waals surface area contributed by atoms with Crippen LogP contribution in [0, 0.1) is 5.92 Å². The van der Waals surface area contributed by atoms with Gasteiger partial charge in [-0.1, -0.05) is 12.1 Å². The van der Waals surface area contributed by atoms with Crippen LogP contribution in [-0.2, 0) is 11.2 Å². The van der Waals surface area contributed by atoms with Gasteiger partial charge in [0.25, 0.3) is 0 Å². The van der Waals surface area contributed by atoms with Crippen LogP contribution < -0.4 is 4.74 Å². The van der Waals surface area contributed by atoms with Gasteiger partial charge in [-0.15, -0.1) is 0 Å². The van der Waals surface area contributed by atoms with Gasteiger partial charge in [0.2, 0.25) is 0 Å². The summed E-state index contributed by atoms with van der Waals surface area (Å²) in [5, 5.41) is 0. The zero-order chi connectivity index (χ0) is 11.3. The van der Waals surface area contributed by atoms with E-state index in [1.54, 1.807) is 6.07 Å². The molecule has 0 N–H and O–H groups in total. The van der Waals surface area contributed by atoms with Gasteiger partial charge in [0, 0.05) is 17.9 Å². The summed E-state index contributed by atoms with van der Waals surface area (Å²) in [5.41, 5.74) is 2.04. The summed E-state index contributed by atoms with van der Waals surface area (Å²) in [7, 11) is 0. The Morgan fingerprint density at radius 1 is 1.57 bits per heavy atom. The van der Waals surface area contributed by atoms with E-state index in [2.05, 4.69) is 0 Å². The molecule has 1 fully saturated rings. The van der Waals surface area contributed by atoms with Crippen molar-refractivity contribution in [2.24, 2.45) is 5.92 Å². The lowest BCUT2D eigenvalue weighted by Crippen LogP contribution is -1.91. The summed E-state index contributed by atoms with van der Waals surface area (Å²) >= 11 is 0. The zero-order valence-corrected chi connectivity index (χ0v) is 7.69. The van der Waals surface area contributed by atoms with Crippen LogP contribution in [0.5, 0.6) is 5.75 Å². The van der Waals surface area contributed by atoms with Gasteiger partial charge in [-0.25, -0.2) is 0 Å². The molecule has 2 atom stereocenters. The summed E-state index contributed by atoms with van der Waals surface area (Å²) in [6.45, 7) is -1.59. The lowest BCUT2D eigenvalue weighted by Gasteiger charge is -2.04. The summed E-state index contributed by atoms with van der Waals surface area (Å²) in [4.78, 5) is 10.7. The average Bonchev–Trinajstić information content (AvgIpc) is 2.92. The highest BCUT2D eigenvalue weighted by atomic mass is 16.5. The summed E-state index contributed by atoms with van der Waals surface area (Å²) in [5.74, 6) is 1.04. The van der Waals surface area contributed by atoms with E-state index in [0.29, 0.717) is 12.2 Å². The van der Waals surface area contributed by atoms with Crippen molar-refractivity contribution in [2.75, 3.05) is 6.56 Å². The van der Waals surface area contributed by atoms with Gasteiger partial charge in [0.1, 0.15) is 12.0 Å². The summed E-state index contributed by atoms with van der Waals surface area (Å²) in [6, 6.07) is 5.65. The van der Waals surface area contributed by atoms with Crippen LogP contribution in [-0.4, -0.2) is 12.8 Å². The van der Waals surface area contributed by atoms with Gasteiger partial charge in [0.05, 0.1) is 9.30 Å². The van der Waals surface area contributed by atoms with E-state index < -0.39 is 6.56 Å². The molecular weight excluding hydrogens is 176 g/mol. The highest BCUT2D eigenvalue weighted by Gasteiger charge is 2.40. The Morgan fingerprint density at radius 3 is 3.29 bits per heavy atom. The SMILES string of the molecule is [2H]C1([2H])Cc2c(cccc2[C@@H]2C[C@H]2C=O)O1. The van der Waals surface area contributed by atoms with E-state index in [1.807, 2.05) is 12.1 Å². The highest BCUT2D eigenvalue weighted by Crippen LogP contribution is 2.49. The topological polar surface area (TPSA) is 26.3 Å². The Hall–Kier alpha value is -1.31. The number of hydrogen-bond donors (Lipinski definition) is 0. The minimum Gasteiger partial charge on any atom is -0.493 e. The molecule has 0 bridgehead atoms. The molecule has 0 saturated heterocycles. The van der Waals surface area contributed by atoms with E-state index in [4.69, 9.17) is 7.48 Å². The minimum absolute atomic E-state index is 0.123. The molecule has 0 spiro atoms. The maximum absolute atomic E-state index is 10.7. The summed E-state index contributed by atoms with van der Waals surface area (Å²) in [6.07, 6.45) is 2.18. The lowest BCUT2D eigenvalue weighted by atomic mass is 10.0. The molecule has 0 aromatic heterocycles. The van der Waals surface area contributed by atoms with E-state index in [0.717, 1.165) is 23.8 Å². The smallest absolute Gasteiger partial charge is 0.123 e. The molecule has 1 saturated carbocycles. The van der Waals surface area contributed by atoms with Crippen LogP contribution in [0.15, 0.2) is 18.2 Å². The Labute approximate surface area is 85.7 Å². The van der Waals surface area contributed by atoms with Crippen LogP contribution in [0.4, 0.5) is 0 Å². The van der Waals surface area contributed by atoms with Crippen molar-refractivity contribution in [1.82, 2.24) is 0 Å². The van der Waals surface area contributed by atoms with Crippen molar-refractivity contribution in [3.05, 3.63) is 29.3 Å². The van der Waals surface area contributed by atoms with E-state index in [-0.39, 0.29) is 11.8 Å². The molecule has 1 heterocycles. The molecule has 2 heteroatoms.